The number of anilines is 1. The summed E-state index contributed by atoms with van der Waals surface area (Å²) < 4.78 is 6.66. The first-order valence-corrected chi connectivity index (χ1v) is 9.39. The summed E-state index contributed by atoms with van der Waals surface area (Å²) in [5.74, 6) is 0.723. The Kier molecular flexibility index (Phi) is 5.06. The van der Waals surface area contributed by atoms with Gasteiger partial charge in [0, 0.05) is 5.56 Å². The summed E-state index contributed by atoms with van der Waals surface area (Å²) in [5, 5.41) is 9.75. The molecule has 1 heterocycles. The summed E-state index contributed by atoms with van der Waals surface area (Å²) in [6, 6.07) is 28.5. The van der Waals surface area contributed by atoms with Crippen molar-refractivity contribution in [1.29, 1.82) is 5.26 Å². The summed E-state index contributed by atoms with van der Waals surface area (Å²) in [6.07, 6.45) is 0. The van der Waals surface area contributed by atoms with Gasteiger partial charge in [0.25, 0.3) is 5.56 Å². The summed E-state index contributed by atoms with van der Waals surface area (Å²) in [4.78, 5) is 13.2. The van der Waals surface area contributed by atoms with Crippen molar-refractivity contribution in [3.63, 3.8) is 0 Å². The number of rotatable bonds is 4. The average Bonchev–Trinajstić information content (AvgIpc) is 2.80. The topological polar surface area (TPSA) is 81.0 Å². The Morgan fingerprint density at radius 2 is 1.47 bits per heavy atom. The summed E-state index contributed by atoms with van der Waals surface area (Å²) in [7, 11) is 1.52. The highest BCUT2D eigenvalue weighted by Crippen LogP contribution is 2.29. The molecule has 30 heavy (non-hydrogen) atoms. The predicted octanol–water partition coefficient (Wildman–Crippen LogP) is 4.63. The molecule has 5 heteroatoms. The van der Waals surface area contributed by atoms with E-state index in [4.69, 9.17) is 10.5 Å². The molecule has 0 spiro atoms. The van der Waals surface area contributed by atoms with Crippen molar-refractivity contribution in [3.05, 3.63) is 101 Å². The number of pyridine rings is 1. The van der Waals surface area contributed by atoms with Crippen molar-refractivity contribution in [3.8, 4) is 39.8 Å². The molecule has 0 aliphatic rings. The Bertz CT molecular complexity index is 1300. The fraction of sp³-hybridized carbons (Fsp3) is 0.0400. The number of methoxy groups -OCH3 is 1. The van der Waals surface area contributed by atoms with Crippen molar-refractivity contribution in [1.82, 2.24) is 4.57 Å². The van der Waals surface area contributed by atoms with Crippen molar-refractivity contribution >= 4 is 5.82 Å². The van der Waals surface area contributed by atoms with Crippen LogP contribution in [0.1, 0.15) is 5.56 Å². The quantitative estimate of drug-likeness (QED) is 0.548. The minimum absolute atomic E-state index is 0.0302. The van der Waals surface area contributed by atoms with Crippen LogP contribution in [0.5, 0.6) is 5.75 Å². The summed E-state index contributed by atoms with van der Waals surface area (Å²) >= 11 is 0. The molecule has 2 N–H and O–H groups in total. The number of benzene rings is 3. The number of hydrogen-bond acceptors (Lipinski definition) is 4. The van der Waals surface area contributed by atoms with Gasteiger partial charge in [-0.15, -0.1) is 0 Å². The number of ether oxygens (including phenoxy) is 1. The van der Waals surface area contributed by atoms with Crippen LogP contribution in [0.4, 0.5) is 5.82 Å². The molecular weight excluding hydrogens is 374 g/mol. The van der Waals surface area contributed by atoms with Crippen LogP contribution >= 0.6 is 0 Å². The monoisotopic (exact) mass is 393 g/mol. The van der Waals surface area contributed by atoms with Crippen LogP contribution in [-0.4, -0.2) is 11.7 Å². The number of hydrogen-bond donors (Lipinski definition) is 1. The normalized spacial score (nSPS) is 10.4. The van der Waals surface area contributed by atoms with E-state index in [9.17, 15) is 10.1 Å². The number of nitrogens with two attached hydrogens (primary N) is 1. The van der Waals surface area contributed by atoms with E-state index in [2.05, 4.69) is 6.07 Å². The largest absolute Gasteiger partial charge is 0.495 e. The van der Waals surface area contributed by atoms with Gasteiger partial charge in [0.15, 0.2) is 0 Å². The third-order valence-electron chi connectivity index (χ3n) is 4.98. The highest BCUT2D eigenvalue weighted by molar-refractivity contribution is 5.76. The van der Waals surface area contributed by atoms with Gasteiger partial charge in [-0.25, -0.2) is 0 Å². The molecule has 0 saturated heterocycles. The number of para-hydroxylation sites is 2. The minimum atomic E-state index is -0.482. The van der Waals surface area contributed by atoms with Gasteiger partial charge in [0.05, 0.1) is 12.8 Å². The fourth-order valence-electron chi connectivity index (χ4n) is 3.50. The van der Waals surface area contributed by atoms with E-state index in [0.29, 0.717) is 17.0 Å². The zero-order valence-corrected chi connectivity index (χ0v) is 16.4. The lowest BCUT2D eigenvalue weighted by Gasteiger charge is -2.16. The molecule has 0 fully saturated rings. The van der Waals surface area contributed by atoms with Crippen LogP contribution in [0.3, 0.4) is 0 Å². The molecule has 0 aliphatic carbocycles. The summed E-state index contributed by atoms with van der Waals surface area (Å²) in [5.41, 5.74) is 9.70. The Labute approximate surface area is 174 Å². The maximum absolute atomic E-state index is 13.2. The lowest BCUT2D eigenvalue weighted by Crippen LogP contribution is -2.25. The molecule has 0 amide bonds. The second-order valence-electron chi connectivity index (χ2n) is 6.73. The Hall–Kier alpha value is -4.30. The van der Waals surface area contributed by atoms with E-state index in [1.54, 1.807) is 30.3 Å². The SMILES string of the molecule is COc1ccccc1-n1c(N)cc(-c2ccc(-c3ccccc3)cc2)c(C#N)c1=O. The van der Waals surface area contributed by atoms with Crippen LogP contribution in [0, 0.1) is 11.3 Å². The third kappa shape index (κ3) is 3.31. The smallest absolute Gasteiger partial charge is 0.275 e. The third-order valence-corrected chi connectivity index (χ3v) is 4.98. The molecular formula is C25H19N3O2. The fourth-order valence-corrected chi connectivity index (χ4v) is 3.50. The highest BCUT2D eigenvalue weighted by atomic mass is 16.5. The summed E-state index contributed by atoms with van der Waals surface area (Å²) in [6.45, 7) is 0. The first-order valence-electron chi connectivity index (χ1n) is 9.39. The van der Waals surface area contributed by atoms with Crippen molar-refractivity contribution < 1.29 is 4.74 Å². The Morgan fingerprint density at radius 3 is 2.13 bits per heavy atom. The number of nitrogen functional groups attached to an aromatic ring is 1. The molecule has 3 aromatic carbocycles. The first-order chi connectivity index (χ1) is 14.6. The molecule has 0 aliphatic heterocycles. The van der Waals surface area contributed by atoms with Crippen LogP contribution < -0.4 is 16.0 Å². The van der Waals surface area contributed by atoms with Gasteiger partial charge >= 0.3 is 0 Å². The predicted molar refractivity (Wildman–Crippen MR) is 119 cm³/mol. The van der Waals surface area contributed by atoms with Crippen LogP contribution in [0.25, 0.3) is 27.9 Å². The maximum atomic E-state index is 13.2. The van der Waals surface area contributed by atoms with Gasteiger partial charge in [-0.05, 0) is 34.9 Å². The maximum Gasteiger partial charge on any atom is 0.275 e. The second-order valence-corrected chi connectivity index (χ2v) is 6.73. The van der Waals surface area contributed by atoms with Gasteiger partial charge in [-0.1, -0.05) is 66.7 Å². The lowest BCUT2D eigenvalue weighted by molar-refractivity contribution is 0.412. The molecule has 0 radical (unpaired) electrons. The second kappa shape index (κ2) is 7.98. The van der Waals surface area contributed by atoms with Gasteiger partial charge < -0.3 is 10.5 Å². The molecule has 0 saturated carbocycles. The molecule has 5 nitrogen and oxygen atoms in total. The van der Waals surface area contributed by atoms with Crippen molar-refractivity contribution in [2.45, 2.75) is 0 Å². The standard InChI is InChI=1S/C25H19N3O2/c1-30-23-10-6-5-9-22(23)28-24(27)15-20(21(16-26)25(28)29)19-13-11-18(12-14-19)17-7-3-2-4-8-17/h2-15H,27H2,1H3. The molecule has 146 valence electrons. The van der Waals surface area contributed by atoms with Gasteiger partial charge in [-0.2, -0.15) is 5.26 Å². The first kappa shape index (κ1) is 19.0. The van der Waals surface area contributed by atoms with E-state index >= 15 is 0 Å². The molecule has 0 bridgehead atoms. The van der Waals surface area contributed by atoms with Crippen molar-refractivity contribution in [2.75, 3.05) is 12.8 Å². The number of aromatic nitrogens is 1. The van der Waals surface area contributed by atoms with Crippen LogP contribution in [0.15, 0.2) is 89.7 Å². The zero-order valence-electron chi connectivity index (χ0n) is 16.4. The molecule has 0 unspecified atom stereocenters. The van der Waals surface area contributed by atoms with Gasteiger partial charge in [0.2, 0.25) is 0 Å². The Balaban J connectivity index is 1.85. The minimum Gasteiger partial charge on any atom is -0.495 e. The van der Waals surface area contributed by atoms with Crippen LogP contribution in [-0.2, 0) is 0 Å². The Morgan fingerprint density at radius 1 is 0.867 bits per heavy atom. The molecule has 1 aromatic heterocycles. The molecule has 4 aromatic rings. The van der Waals surface area contributed by atoms with E-state index in [1.807, 2.05) is 54.6 Å². The van der Waals surface area contributed by atoms with E-state index < -0.39 is 5.56 Å². The lowest BCUT2D eigenvalue weighted by atomic mass is 9.98. The highest BCUT2D eigenvalue weighted by Gasteiger charge is 2.18. The van der Waals surface area contributed by atoms with E-state index in [1.165, 1.54) is 11.7 Å². The van der Waals surface area contributed by atoms with E-state index in [0.717, 1.165) is 16.7 Å². The van der Waals surface area contributed by atoms with Gasteiger partial charge in [0.1, 0.15) is 23.2 Å². The number of nitriles is 1. The molecule has 4 rings (SSSR count). The van der Waals surface area contributed by atoms with Crippen molar-refractivity contribution in [2.24, 2.45) is 0 Å². The van der Waals surface area contributed by atoms with Gasteiger partial charge in [-0.3, -0.25) is 9.36 Å². The number of nitrogens with zero attached hydrogens (tertiary/aromatic N) is 2. The molecule has 0 atom stereocenters. The van der Waals surface area contributed by atoms with Crippen LogP contribution in [0.2, 0.25) is 0 Å². The zero-order chi connectivity index (χ0) is 21.1. The average molecular weight is 393 g/mol. The van der Waals surface area contributed by atoms with E-state index in [-0.39, 0.29) is 11.4 Å².